The Labute approximate surface area is 155 Å². The molecule has 0 saturated carbocycles. The van der Waals surface area contributed by atoms with Gasteiger partial charge in [0.15, 0.2) is 0 Å². The third-order valence-electron chi connectivity index (χ3n) is 5.30. The molecule has 2 aliphatic rings. The second-order valence-corrected chi connectivity index (χ2v) is 6.91. The van der Waals surface area contributed by atoms with E-state index in [1.165, 1.54) is 6.20 Å². The smallest absolute Gasteiger partial charge is 0.325 e. The van der Waals surface area contributed by atoms with E-state index in [4.69, 9.17) is 0 Å². The summed E-state index contributed by atoms with van der Waals surface area (Å²) in [4.78, 5) is 54.7. The topological polar surface area (TPSA) is 137 Å². The Morgan fingerprint density at radius 1 is 1.26 bits per heavy atom. The molecule has 3 heterocycles. The number of pyridine rings is 1. The summed E-state index contributed by atoms with van der Waals surface area (Å²) in [7, 11) is 0. The molecular weight excluding hydrogens is 354 g/mol. The first-order chi connectivity index (χ1) is 12.8. The van der Waals surface area contributed by atoms with Crippen molar-refractivity contribution in [2.75, 3.05) is 6.54 Å². The van der Waals surface area contributed by atoms with Crippen LogP contribution in [0.4, 0.5) is 0 Å². The van der Waals surface area contributed by atoms with Crippen molar-refractivity contribution in [3.8, 4) is 0 Å². The van der Waals surface area contributed by atoms with Gasteiger partial charge in [-0.3, -0.25) is 34.4 Å². The fraction of sp³-hybridized carbons (Fsp3) is 0.500. The zero-order valence-electron chi connectivity index (χ0n) is 14.8. The van der Waals surface area contributed by atoms with Crippen molar-refractivity contribution in [2.24, 2.45) is 11.8 Å². The predicted octanol–water partition coefficient (Wildman–Crippen LogP) is 0.425. The van der Waals surface area contributed by atoms with Gasteiger partial charge < -0.3 is 10.2 Å². The van der Waals surface area contributed by atoms with Crippen molar-refractivity contribution in [1.82, 2.24) is 15.2 Å². The summed E-state index contributed by atoms with van der Waals surface area (Å²) in [6.45, 7) is 2.11. The van der Waals surface area contributed by atoms with Crippen LogP contribution in [0.1, 0.15) is 37.9 Å². The van der Waals surface area contributed by atoms with Gasteiger partial charge in [0, 0.05) is 12.7 Å². The van der Waals surface area contributed by atoms with Gasteiger partial charge in [-0.25, -0.2) is 0 Å². The van der Waals surface area contributed by atoms with Crippen molar-refractivity contribution < 1.29 is 29.4 Å². The number of nitrogens with one attached hydrogen (secondary N) is 1. The van der Waals surface area contributed by atoms with Gasteiger partial charge in [-0.1, -0.05) is 19.4 Å². The van der Waals surface area contributed by atoms with E-state index in [9.17, 15) is 29.4 Å². The van der Waals surface area contributed by atoms with Crippen molar-refractivity contribution >= 4 is 23.8 Å². The maximum atomic E-state index is 13.0. The molecule has 27 heavy (non-hydrogen) atoms. The molecule has 1 aromatic rings. The first-order valence-corrected chi connectivity index (χ1v) is 8.82. The molecule has 9 nitrogen and oxygen atoms in total. The maximum absolute atomic E-state index is 13.0. The third-order valence-corrected chi connectivity index (χ3v) is 5.30. The summed E-state index contributed by atoms with van der Waals surface area (Å²) >= 11 is 0. The molecule has 3 N–H and O–H groups in total. The Morgan fingerprint density at radius 3 is 2.56 bits per heavy atom. The third kappa shape index (κ3) is 2.97. The van der Waals surface area contributed by atoms with Gasteiger partial charge >= 0.3 is 11.9 Å². The molecule has 3 rings (SSSR count). The Balaban J connectivity index is 2.10. The number of nitrogens with zero attached hydrogens (tertiary/aromatic N) is 2. The van der Waals surface area contributed by atoms with Crippen LogP contribution in [0.5, 0.6) is 0 Å². The molecule has 9 heteroatoms. The van der Waals surface area contributed by atoms with Gasteiger partial charge in [0.2, 0.25) is 11.8 Å². The largest absolute Gasteiger partial charge is 0.481 e. The Morgan fingerprint density at radius 2 is 2.00 bits per heavy atom. The van der Waals surface area contributed by atoms with Crippen molar-refractivity contribution in [2.45, 2.75) is 37.8 Å². The van der Waals surface area contributed by atoms with E-state index in [1.807, 2.05) is 6.92 Å². The molecule has 0 aliphatic carbocycles. The number of unbranched alkanes of at least 4 members (excludes halogenated alkanes) is 1. The zero-order valence-corrected chi connectivity index (χ0v) is 14.8. The molecule has 2 amide bonds. The number of imide groups is 1. The number of carboxylic acid groups (broad SMARTS) is 2. The molecule has 144 valence electrons. The van der Waals surface area contributed by atoms with E-state index in [0.29, 0.717) is 12.1 Å². The number of hydrogen-bond donors (Lipinski definition) is 3. The highest BCUT2D eigenvalue weighted by molar-refractivity contribution is 6.10. The number of amides is 2. The monoisotopic (exact) mass is 375 g/mol. The summed E-state index contributed by atoms with van der Waals surface area (Å²) in [6.07, 6.45) is 2.04. The predicted molar refractivity (Wildman–Crippen MR) is 91.3 cm³/mol. The van der Waals surface area contributed by atoms with Gasteiger partial charge in [0.1, 0.15) is 5.54 Å². The summed E-state index contributed by atoms with van der Waals surface area (Å²) in [5, 5.41) is 21.9. The van der Waals surface area contributed by atoms with Crippen LogP contribution in [0.2, 0.25) is 0 Å². The minimum Gasteiger partial charge on any atom is -0.481 e. The lowest BCUT2D eigenvalue weighted by Gasteiger charge is -2.29. The van der Waals surface area contributed by atoms with Crippen LogP contribution >= 0.6 is 0 Å². The van der Waals surface area contributed by atoms with Crippen LogP contribution in [-0.4, -0.2) is 55.9 Å². The Bertz CT molecular complexity index is 783. The highest BCUT2D eigenvalue weighted by Gasteiger charge is 2.69. The van der Waals surface area contributed by atoms with Gasteiger partial charge in [-0.2, -0.15) is 0 Å². The van der Waals surface area contributed by atoms with Crippen molar-refractivity contribution in [1.29, 1.82) is 0 Å². The average molecular weight is 375 g/mol. The number of likely N-dealkylation sites (tertiary alicyclic amines) is 1. The highest BCUT2D eigenvalue weighted by Crippen LogP contribution is 2.49. The molecule has 2 aliphatic heterocycles. The number of carboxylic acids is 2. The van der Waals surface area contributed by atoms with E-state index in [-0.39, 0.29) is 6.54 Å². The molecule has 0 aromatic carbocycles. The first-order valence-electron chi connectivity index (χ1n) is 8.82. The fourth-order valence-corrected chi connectivity index (χ4v) is 4.09. The van der Waals surface area contributed by atoms with Crippen LogP contribution in [0.15, 0.2) is 24.4 Å². The van der Waals surface area contributed by atoms with Crippen molar-refractivity contribution in [3.05, 3.63) is 30.1 Å². The molecule has 0 bridgehead atoms. The van der Waals surface area contributed by atoms with E-state index in [0.717, 1.165) is 11.3 Å². The van der Waals surface area contributed by atoms with Crippen LogP contribution in [-0.2, 0) is 19.2 Å². The average Bonchev–Trinajstić information content (AvgIpc) is 3.09. The molecular formula is C18H21N3O6. The number of hydrogen-bond acceptors (Lipinski definition) is 6. The zero-order chi connectivity index (χ0) is 19.8. The number of carbonyl (C=O) groups excluding carboxylic acids is 2. The van der Waals surface area contributed by atoms with Crippen LogP contribution in [0.25, 0.3) is 0 Å². The summed E-state index contributed by atoms with van der Waals surface area (Å²) < 4.78 is 0. The Kier molecular flexibility index (Phi) is 4.97. The number of aliphatic carboxylic acids is 2. The van der Waals surface area contributed by atoms with E-state index < -0.39 is 53.6 Å². The van der Waals surface area contributed by atoms with Gasteiger partial charge in [-0.05, 0) is 18.6 Å². The number of aromatic nitrogens is 1. The number of fused-ring (bicyclic) bond motifs is 1. The summed E-state index contributed by atoms with van der Waals surface area (Å²) in [5.41, 5.74) is -1.66. The first kappa shape index (κ1) is 19.0. The van der Waals surface area contributed by atoms with Crippen molar-refractivity contribution in [3.63, 3.8) is 0 Å². The van der Waals surface area contributed by atoms with Crippen LogP contribution < -0.4 is 5.32 Å². The van der Waals surface area contributed by atoms with Gasteiger partial charge in [0.25, 0.3) is 0 Å². The minimum atomic E-state index is -2.06. The second-order valence-electron chi connectivity index (χ2n) is 6.91. The number of rotatable bonds is 7. The second kappa shape index (κ2) is 7.07. The van der Waals surface area contributed by atoms with E-state index in [1.54, 1.807) is 18.2 Å². The van der Waals surface area contributed by atoms with Crippen LogP contribution in [0.3, 0.4) is 0 Å². The highest BCUT2D eigenvalue weighted by atomic mass is 16.4. The van der Waals surface area contributed by atoms with E-state index in [2.05, 4.69) is 10.3 Å². The van der Waals surface area contributed by atoms with E-state index >= 15 is 0 Å². The standard InChI is InChI=1S/C18H21N3O6/c1-2-3-8-21-15(24)12-13(16(21)25)18(17(26)27,9-11(22)23)20-14(12)10-6-4-5-7-19-10/h4-7,12-14,20H,2-3,8-9H2,1H3,(H,22,23)(H,26,27). The van der Waals surface area contributed by atoms with Crippen LogP contribution in [0, 0.1) is 11.8 Å². The lowest BCUT2D eigenvalue weighted by molar-refractivity contribution is -0.156. The Hall–Kier alpha value is -2.81. The summed E-state index contributed by atoms with van der Waals surface area (Å²) in [5.74, 6) is -6.22. The maximum Gasteiger partial charge on any atom is 0.325 e. The lowest BCUT2D eigenvalue weighted by Crippen LogP contribution is -2.57. The SMILES string of the molecule is CCCCN1C(=O)C2C(c3ccccn3)NC(CC(=O)O)(C(=O)O)C2C1=O. The molecule has 2 fully saturated rings. The molecule has 0 spiro atoms. The quantitative estimate of drug-likeness (QED) is 0.583. The molecule has 2 saturated heterocycles. The molecule has 0 radical (unpaired) electrons. The normalized spacial score (nSPS) is 29.8. The van der Waals surface area contributed by atoms with Gasteiger partial charge in [-0.15, -0.1) is 0 Å². The minimum absolute atomic E-state index is 0.193. The lowest BCUT2D eigenvalue weighted by atomic mass is 9.78. The van der Waals surface area contributed by atoms with Gasteiger partial charge in [0.05, 0.1) is 30.0 Å². The summed E-state index contributed by atoms with van der Waals surface area (Å²) in [6, 6.07) is 4.13. The molecule has 1 aromatic heterocycles. The molecule has 4 atom stereocenters. The fourth-order valence-electron chi connectivity index (χ4n) is 4.09. The molecule has 4 unspecified atom stereocenters. The number of carbonyl (C=O) groups is 4.